The van der Waals surface area contributed by atoms with E-state index in [-0.39, 0.29) is 17.3 Å². The topological polar surface area (TPSA) is 70.2 Å². The summed E-state index contributed by atoms with van der Waals surface area (Å²) in [6.07, 6.45) is 4.23. The quantitative estimate of drug-likeness (QED) is 0.385. The van der Waals surface area contributed by atoms with Crippen LogP contribution in [0.25, 0.3) is 6.08 Å². The van der Waals surface area contributed by atoms with E-state index >= 15 is 0 Å². The third kappa shape index (κ3) is 7.02. The lowest BCUT2D eigenvalue weighted by Gasteiger charge is -2.35. The first kappa shape index (κ1) is 27.4. The number of piperazine rings is 1. The summed E-state index contributed by atoms with van der Waals surface area (Å²) in [4.78, 5) is 17.5. The number of hydrogen-bond acceptors (Lipinski definition) is 5. The molecule has 0 unspecified atom stereocenters. The summed E-state index contributed by atoms with van der Waals surface area (Å²) in [5.74, 6) is 0.389. The summed E-state index contributed by atoms with van der Waals surface area (Å²) in [7, 11) is -3.97. The molecule has 0 atom stereocenters. The number of hydrogen-bond donors (Lipinski definition) is 0. The SMILES string of the molecule is CCOc1ccc(S(=O)(=O)N(CC(=O)N2CCN(C/C=C/c3ccccc3)CC2)c2ccc(C)cc2)cc1. The maximum absolute atomic E-state index is 13.7. The molecule has 1 aliphatic rings. The van der Waals surface area contributed by atoms with Gasteiger partial charge in [-0.1, -0.05) is 60.2 Å². The van der Waals surface area contributed by atoms with Gasteiger partial charge in [-0.2, -0.15) is 0 Å². The Morgan fingerprint density at radius 3 is 2.21 bits per heavy atom. The van der Waals surface area contributed by atoms with Gasteiger partial charge >= 0.3 is 0 Å². The maximum atomic E-state index is 13.7. The van der Waals surface area contributed by atoms with E-state index in [2.05, 4.69) is 29.2 Å². The van der Waals surface area contributed by atoms with Crippen LogP contribution in [0, 0.1) is 6.92 Å². The molecule has 0 radical (unpaired) electrons. The van der Waals surface area contributed by atoms with Crippen molar-refractivity contribution >= 4 is 27.7 Å². The molecule has 7 nitrogen and oxygen atoms in total. The normalized spacial score (nSPS) is 14.5. The average Bonchev–Trinajstić information content (AvgIpc) is 2.93. The van der Waals surface area contributed by atoms with Crippen molar-refractivity contribution < 1.29 is 17.9 Å². The highest BCUT2D eigenvalue weighted by molar-refractivity contribution is 7.92. The van der Waals surface area contributed by atoms with Crippen LogP contribution in [0.3, 0.4) is 0 Å². The number of nitrogens with zero attached hydrogens (tertiary/aromatic N) is 3. The lowest BCUT2D eigenvalue weighted by molar-refractivity contribution is -0.131. The molecule has 1 heterocycles. The van der Waals surface area contributed by atoms with Crippen LogP contribution in [0.1, 0.15) is 18.1 Å². The second kappa shape index (κ2) is 12.8. The van der Waals surface area contributed by atoms with Crippen molar-refractivity contribution in [1.82, 2.24) is 9.80 Å². The van der Waals surface area contributed by atoms with Gasteiger partial charge in [0.1, 0.15) is 12.3 Å². The Kier molecular flexibility index (Phi) is 9.20. The second-order valence-corrected chi connectivity index (χ2v) is 11.1. The van der Waals surface area contributed by atoms with E-state index in [0.717, 1.165) is 30.8 Å². The lowest BCUT2D eigenvalue weighted by Crippen LogP contribution is -2.51. The lowest BCUT2D eigenvalue weighted by atomic mass is 10.2. The summed E-state index contributed by atoms with van der Waals surface area (Å²) in [6.45, 7) is 7.44. The van der Waals surface area contributed by atoms with Crippen molar-refractivity contribution in [2.75, 3.05) is 50.2 Å². The van der Waals surface area contributed by atoms with Crippen LogP contribution in [0.5, 0.6) is 5.75 Å². The third-order valence-electron chi connectivity index (χ3n) is 6.52. The average molecular weight is 534 g/mol. The zero-order valence-electron chi connectivity index (χ0n) is 22.0. The van der Waals surface area contributed by atoms with E-state index in [4.69, 9.17) is 4.74 Å². The van der Waals surface area contributed by atoms with Gasteiger partial charge in [-0.25, -0.2) is 8.42 Å². The molecule has 0 aliphatic carbocycles. The fourth-order valence-corrected chi connectivity index (χ4v) is 5.75. The summed E-state index contributed by atoms with van der Waals surface area (Å²) in [6, 6.07) is 23.6. The highest BCUT2D eigenvalue weighted by Crippen LogP contribution is 2.26. The minimum Gasteiger partial charge on any atom is -0.494 e. The van der Waals surface area contributed by atoms with E-state index in [0.29, 0.717) is 31.1 Å². The van der Waals surface area contributed by atoms with Crippen LogP contribution in [0.15, 0.2) is 89.8 Å². The van der Waals surface area contributed by atoms with E-state index < -0.39 is 10.0 Å². The van der Waals surface area contributed by atoms with E-state index in [1.807, 2.05) is 44.2 Å². The first-order chi connectivity index (χ1) is 18.4. The Morgan fingerprint density at radius 2 is 1.58 bits per heavy atom. The van der Waals surface area contributed by atoms with Gasteiger partial charge in [-0.15, -0.1) is 0 Å². The van der Waals surface area contributed by atoms with Gasteiger partial charge in [0.15, 0.2) is 0 Å². The van der Waals surface area contributed by atoms with Crippen LogP contribution in [-0.2, 0) is 14.8 Å². The zero-order chi connectivity index (χ0) is 27.0. The highest BCUT2D eigenvalue weighted by Gasteiger charge is 2.30. The van der Waals surface area contributed by atoms with Gasteiger partial charge < -0.3 is 9.64 Å². The molecule has 0 saturated carbocycles. The minimum absolute atomic E-state index is 0.115. The number of ether oxygens (including phenoxy) is 1. The highest BCUT2D eigenvalue weighted by atomic mass is 32.2. The van der Waals surface area contributed by atoms with Gasteiger partial charge in [-0.3, -0.25) is 14.0 Å². The first-order valence-corrected chi connectivity index (χ1v) is 14.3. The number of anilines is 1. The van der Waals surface area contributed by atoms with Gasteiger partial charge in [0.05, 0.1) is 17.2 Å². The monoisotopic (exact) mass is 533 g/mol. The molecule has 3 aromatic rings. The summed E-state index contributed by atoms with van der Waals surface area (Å²) in [5.41, 5.74) is 2.63. The minimum atomic E-state index is -3.97. The molecule has 1 saturated heterocycles. The Hall–Kier alpha value is -3.62. The van der Waals surface area contributed by atoms with Crippen molar-refractivity contribution in [3.05, 3.63) is 96.1 Å². The van der Waals surface area contributed by atoms with E-state index in [1.165, 1.54) is 16.4 Å². The van der Waals surface area contributed by atoms with E-state index in [9.17, 15) is 13.2 Å². The van der Waals surface area contributed by atoms with Crippen molar-refractivity contribution in [1.29, 1.82) is 0 Å². The van der Waals surface area contributed by atoms with Crippen LogP contribution in [0.2, 0.25) is 0 Å². The zero-order valence-corrected chi connectivity index (χ0v) is 22.8. The molecule has 0 bridgehead atoms. The Morgan fingerprint density at radius 1 is 0.921 bits per heavy atom. The largest absolute Gasteiger partial charge is 0.494 e. The van der Waals surface area contributed by atoms with Crippen molar-refractivity contribution in [3.63, 3.8) is 0 Å². The smallest absolute Gasteiger partial charge is 0.264 e. The molecule has 0 aromatic heterocycles. The molecule has 1 amide bonds. The number of carbonyl (C=O) groups is 1. The Labute approximate surface area is 226 Å². The van der Waals surface area contributed by atoms with E-state index in [1.54, 1.807) is 29.2 Å². The number of carbonyl (C=O) groups excluding carboxylic acids is 1. The van der Waals surface area contributed by atoms with Crippen molar-refractivity contribution in [2.45, 2.75) is 18.7 Å². The molecule has 200 valence electrons. The fourth-order valence-electron chi connectivity index (χ4n) is 4.33. The predicted octanol–water partition coefficient (Wildman–Crippen LogP) is 4.45. The number of aryl methyl sites for hydroxylation is 1. The molecule has 0 spiro atoms. The van der Waals surface area contributed by atoms with Crippen LogP contribution < -0.4 is 9.04 Å². The Balaban J connectivity index is 1.43. The molecule has 1 aliphatic heterocycles. The maximum Gasteiger partial charge on any atom is 0.264 e. The molecule has 38 heavy (non-hydrogen) atoms. The van der Waals surface area contributed by atoms with Gasteiger partial charge in [0, 0.05) is 32.7 Å². The number of sulfonamides is 1. The van der Waals surface area contributed by atoms with Gasteiger partial charge in [0.25, 0.3) is 10.0 Å². The summed E-state index contributed by atoms with van der Waals surface area (Å²) in [5, 5.41) is 0. The third-order valence-corrected chi connectivity index (χ3v) is 8.31. The number of benzene rings is 3. The number of rotatable bonds is 10. The van der Waals surface area contributed by atoms with Crippen molar-refractivity contribution in [3.8, 4) is 5.75 Å². The molecule has 0 N–H and O–H groups in total. The number of amides is 1. The molecular weight excluding hydrogens is 498 g/mol. The second-order valence-electron chi connectivity index (χ2n) is 9.25. The first-order valence-electron chi connectivity index (χ1n) is 12.9. The molecule has 3 aromatic carbocycles. The molecular formula is C30H35N3O4S. The molecule has 8 heteroatoms. The molecule has 1 fully saturated rings. The standard InChI is InChI=1S/C30H35N3O4S/c1-3-37-28-15-17-29(18-16-28)38(35,36)33(27-13-11-25(2)12-14-27)24-30(34)32-22-20-31(21-23-32)19-7-10-26-8-5-4-6-9-26/h4-18H,3,19-24H2,1-2H3/b10-7+. The van der Waals surface area contributed by atoms with Gasteiger partial charge in [-0.05, 0) is 55.8 Å². The van der Waals surface area contributed by atoms with Crippen LogP contribution in [0.4, 0.5) is 5.69 Å². The van der Waals surface area contributed by atoms with Crippen LogP contribution >= 0.6 is 0 Å². The van der Waals surface area contributed by atoms with Crippen molar-refractivity contribution in [2.24, 2.45) is 0 Å². The molecule has 4 rings (SSSR count). The Bertz CT molecular complexity index is 1320. The predicted molar refractivity (Wildman–Crippen MR) is 152 cm³/mol. The van der Waals surface area contributed by atoms with Crippen LogP contribution in [-0.4, -0.2) is 70.0 Å². The van der Waals surface area contributed by atoms with Gasteiger partial charge in [0.2, 0.25) is 5.91 Å². The summed E-state index contributed by atoms with van der Waals surface area (Å²) < 4.78 is 34.0. The summed E-state index contributed by atoms with van der Waals surface area (Å²) >= 11 is 0. The fraction of sp³-hybridized carbons (Fsp3) is 0.300.